The molecule has 0 fully saturated rings. The van der Waals surface area contributed by atoms with Crippen LogP contribution in [0.25, 0.3) is 10.8 Å². The fraction of sp³-hybridized carbons (Fsp3) is 0.217. The minimum absolute atomic E-state index is 0.136. The second-order valence-electron chi connectivity index (χ2n) is 6.86. The largest absolute Gasteiger partial charge is 0.445 e. The van der Waals surface area contributed by atoms with E-state index in [2.05, 4.69) is 5.32 Å². The number of ether oxygens (including phenoxy) is 2. The Labute approximate surface area is 164 Å². The zero-order valence-corrected chi connectivity index (χ0v) is 15.9. The van der Waals surface area contributed by atoms with Gasteiger partial charge in [-0.25, -0.2) is 9.59 Å². The van der Waals surface area contributed by atoms with Crippen LogP contribution in [-0.4, -0.2) is 18.1 Å². The van der Waals surface area contributed by atoms with Crippen LogP contribution in [0.3, 0.4) is 0 Å². The van der Waals surface area contributed by atoms with Crippen molar-refractivity contribution in [2.24, 2.45) is 5.92 Å². The number of alkyl carbamates (subject to hydrolysis) is 1. The molecule has 3 aromatic rings. The van der Waals surface area contributed by atoms with Crippen molar-refractivity contribution in [2.75, 3.05) is 0 Å². The molecule has 0 saturated heterocycles. The van der Waals surface area contributed by atoms with Gasteiger partial charge in [-0.1, -0.05) is 74.5 Å². The van der Waals surface area contributed by atoms with Crippen LogP contribution in [0.2, 0.25) is 0 Å². The number of hydrogen-bond donors (Lipinski definition) is 1. The van der Waals surface area contributed by atoms with Crippen LogP contribution in [0.4, 0.5) is 4.79 Å². The van der Waals surface area contributed by atoms with E-state index in [0.29, 0.717) is 5.75 Å². The maximum atomic E-state index is 12.6. The number of carbonyl (C=O) groups excluding carboxylic acids is 2. The molecule has 28 heavy (non-hydrogen) atoms. The third kappa shape index (κ3) is 5.10. The van der Waals surface area contributed by atoms with Crippen LogP contribution in [0.1, 0.15) is 19.4 Å². The predicted molar refractivity (Wildman–Crippen MR) is 108 cm³/mol. The third-order valence-corrected chi connectivity index (χ3v) is 4.35. The maximum absolute atomic E-state index is 12.6. The van der Waals surface area contributed by atoms with Crippen molar-refractivity contribution < 1.29 is 19.1 Å². The first-order valence-electron chi connectivity index (χ1n) is 9.20. The molecule has 0 heterocycles. The molecule has 0 bridgehead atoms. The summed E-state index contributed by atoms with van der Waals surface area (Å²) in [4.78, 5) is 24.7. The van der Waals surface area contributed by atoms with Crippen molar-refractivity contribution in [2.45, 2.75) is 26.5 Å². The molecule has 5 nitrogen and oxygen atoms in total. The van der Waals surface area contributed by atoms with Crippen molar-refractivity contribution in [3.63, 3.8) is 0 Å². The normalized spacial score (nSPS) is 11.8. The molecule has 0 unspecified atom stereocenters. The first-order valence-corrected chi connectivity index (χ1v) is 9.20. The highest BCUT2D eigenvalue weighted by Crippen LogP contribution is 2.21. The van der Waals surface area contributed by atoms with Crippen molar-refractivity contribution in [3.8, 4) is 5.75 Å². The van der Waals surface area contributed by atoms with Gasteiger partial charge in [-0.15, -0.1) is 0 Å². The Hall–Kier alpha value is -3.34. The van der Waals surface area contributed by atoms with E-state index in [0.717, 1.165) is 16.3 Å². The molecular weight excluding hydrogens is 354 g/mol. The van der Waals surface area contributed by atoms with Crippen LogP contribution in [-0.2, 0) is 16.1 Å². The molecule has 0 saturated carbocycles. The Morgan fingerprint density at radius 2 is 1.57 bits per heavy atom. The monoisotopic (exact) mass is 377 g/mol. The quantitative estimate of drug-likeness (QED) is 0.500. The van der Waals surface area contributed by atoms with Gasteiger partial charge in [0.2, 0.25) is 0 Å². The van der Waals surface area contributed by atoms with E-state index in [9.17, 15) is 9.59 Å². The molecule has 0 aromatic heterocycles. The number of nitrogens with one attached hydrogen (secondary N) is 1. The molecule has 1 amide bonds. The molecule has 0 aliphatic rings. The van der Waals surface area contributed by atoms with Crippen molar-refractivity contribution in [1.82, 2.24) is 5.32 Å². The SMILES string of the molecule is CC(C)[C@H](NC(=O)OCc1ccccc1)C(=O)Oc1ccc2ccccc2c1. The molecular formula is C23H23NO4. The summed E-state index contributed by atoms with van der Waals surface area (Å²) in [5, 5.41) is 4.64. The lowest BCUT2D eigenvalue weighted by molar-refractivity contribution is -0.137. The Kier molecular flexibility index (Phi) is 6.27. The molecule has 0 aliphatic carbocycles. The number of hydrogen-bond acceptors (Lipinski definition) is 4. The van der Waals surface area contributed by atoms with E-state index in [-0.39, 0.29) is 12.5 Å². The predicted octanol–water partition coefficient (Wildman–Crippen LogP) is 4.70. The van der Waals surface area contributed by atoms with Gasteiger partial charge in [0.15, 0.2) is 0 Å². The third-order valence-electron chi connectivity index (χ3n) is 4.35. The van der Waals surface area contributed by atoms with Gasteiger partial charge in [0.1, 0.15) is 18.4 Å². The number of carbonyl (C=O) groups is 2. The summed E-state index contributed by atoms with van der Waals surface area (Å²) in [6, 6.07) is 21.8. The molecule has 3 rings (SSSR count). The number of amides is 1. The van der Waals surface area contributed by atoms with Crippen LogP contribution < -0.4 is 10.1 Å². The van der Waals surface area contributed by atoms with Gasteiger partial charge in [-0.3, -0.25) is 0 Å². The zero-order valence-electron chi connectivity index (χ0n) is 15.9. The number of fused-ring (bicyclic) bond motifs is 1. The average molecular weight is 377 g/mol. The molecule has 144 valence electrons. The Morgan fingerprint density at radius 3 is 2.29 bits per heavy atom. The summed E-state index contributed by atoms with van der Waals surface area (Å²) in [7, 11) is 0. The highest BCUT2D eigenvalue weighted by atomic mass is 16.6. The first kappa shape index (κ1) is 19.4. The van der Waals surface area contributed by atoms with Crippen molar-refractivity contribution in [3.05, 3.63) is 78.4 Å². The second-order valence-corrected chi connectivity index (χ2v) is 6.86. The standard InChI is InChI=1S/C23H23NO4/c1-16(2)21(24-23(26)27-15-17-8-4-3-5-9-17)22(25)28-20-13-12-18-10-6-7-11-19(18)14-20/h3-14,16,21H,15H2,1-2H3,(H,24,26)/t21-/m0/s1. The zero-order chi connectivity index (χ0) is 19.9. The van der Waals surface area contributed by atoms with Gasteiger partial charge in [0.25, 0.3) is 0 Å². The Bertz CT molecular complexity index is 953. The maximum Gasteiger partial charge on any atom is 0.408 e. The van der Waals surface area contributed by atoms with Gasteiger partial charge in [0, 0.05) is 0 Å². The topological polar surface area (TPSA) is 64.6 Å². The lowest BCUT2D eigenvalue weighted by atomic mass is 10.1. The molecule has 0 radical (unpaired) electrons. The van der Waals surface area contributed by atoms with Gasteiger partial charge < -0.3 is 14.8 Å². The van der Waals surface area contributed by atoms with Crippen LogP contribution in [0, 0.1) is 5.92 Å². The van der Waals surface area contributed by atoms with Gasteiger partial charge in [0.05, 0.1) is 0 Å². The Morgan fingerprint density at radius 1 is 0.893 bits per heavy atom. The molecule has 1 N–H and O–H groups in total. The van der Waals surface area contributed by atoms with Gasteiger partial charge in [-0.05, 0) is 34.4 Å². The molecule has 1 atom stereocenters. The fourth-order valence-electron chi connectivity index (χ4n) is 2.80. The van der Waals surface area contributed by atoms with Crippen molar-refractivity contribution in [1.29, 1.82) is 0 Å². The summed E-state index contributed by atoms with van der Waals surface area (Å²) >= 11 is 0. The lowest BCUT2D eigenvalue weighted by Crippen LogP contribution is -2.46. The summed E-state index contributed by atoms with van der Waals surface area (Å²) in [6.07, 6.45) is -0.655. The van der Waals surface area contributed by atoms with Crippen LogP contribution in [0.15, 0.2) is 72.8 Å². The molecule has 5 heteroatoms. The molecule has 3 aromatic carbocycles. The van der Waals surface area contributed by atoms with E-state index >= 15 is 0 Å². The summed E-state index contributed by atoms with van der Waals surface area (Å²) in [5.41, 5.74) is 0.873. The van der Waals surface area contributed by atoms with Gasteiger partial charge in [-0.2, -0.15) is 0 Å². The highest BCUT2D eigenvalue weighted by molar-refractivity contribution is 5.86. The average Bonchev–Trinajstić information content (AvgIpc) is 2.71. The van der Waals surface area contributed by atoms with Crippen LogP contribution >= 0.6 is 0 Å². The van der Waals surface area contributed by atoms with E-state index in [1.807, 2.05) is 74.5 Å². The summed E-state index contributed by atoms with van der Waals surface area (Å²) in [6.45, 7) is 3.81. The van der Waals surface area contributed by atoms with E-state index < -0.39 is 18.1 Å². The van der Waals surface area contributed by atoms with E-state index in [1.54, 1.807) is 12.1 Å². The lowest BCUT2D eigenvalue weighted by Gasteiger charge is -2.20. The summed E-state index contributed by atoms with van der Waals surface area (Å²) in [5.74, 6) is -0.243. The number of rotatable bonds is 6. The minimum atomic E-state index is -0.810. The first-order chi connectivity index (χ1) is 13.5. The van der Waals surface area contributed by atoms with E-state index in [4.69, 9.17) is 9.47 Å². The fourth-order valence-corrected chi connectivity index (χ4v) is 2.80. The van der Waals surface area contributed by atoms with Gasteiger partial charge >= 0.3 is 12.1 Å². The minimum Gasteiger partial charge on any atom is -0.445 e. The second kappa shape index (κ2) is 9.04. The van der Waals surface area contributed by atoms with Crippen LogP contribution in [0.5, 0.6) is 5.75 Å². The van der Waals surface area contributed by atoms with E-state index in [1.165, 1.54) is 0 Å². The number of esters is 1. The van der Waals surface area contributed by atoms with Crippen molar-refractivity contribution >= 4 is 22.8 Å². The molecule has 0 aliphatic heterocycles. The molecule has 0 spiro atoms. The highest BCUT2D eigenvalue weighted by Gasteiger charge is 2.27. The smallest absolute Gasteiger partial charge is 0.408 e. The number of benzene rings is 3. The Balaban J connectivity index is 1.61. The summed E-state index contributed by atoms with van der Waals surface area (Å²) < 4.78 is 10.7.